The third-order valence-electron chi connectivity index (χ3n) is 4.39. The second-order valence-corrected chi connectivity index (χ2v) is 8.93. The molecule has 0 fully saturated rings. The molecule has 0 unspecified atom stereocenters. The third kappa shape index (κ3) is 6.96. The van der Waals surface area contributed by atoms with Crippen molar-refractivity contribution in [3.63, 3.8) is 0 Å². The first kappa shape index (κ1) is 25.1. The van der Waals surface area contributed by atoms with Gasteiger partial charge in [0, 0.05) is 9.50 Å². The molecule has 0 radical (unpaired) electrons. The molecule has 0 heterocycles. The van der Waals surface area contributed by atoms with Crippen LogP contribution < -0.4 is 19.6 Å². The van der Waals surface area contributed by atoms with Crippen molar-refractivity contribution in [2.75, 3.05) is 13.7 Å². The first-order valence-corrected chi connectivity index (χ1v) is 11.9. The number of carbonyl (C=O) groups excluding carboxylic acids is 1. The maximum absolute atomic E-state index is 12.5. The highest BCUT2D eigenvalue weighted by Gasteiger charge is 2.14. The van der Waals surface area contributed by atoms with Crippen LogP contribution in [-0.2, 0) is 6.61 Å². The second-order valence-electron chi connectivity index (χ2n) is 6.73. The Kier molecular flexibility index (Phi) is 9.17. The molecule has 0 atom stereocenters. The number of carbonyl (C=O) groups is 1. The van der Waals surface area contributed by atoms with Gasteiger partial charge in [0.25, 0.3) is 5.91 Å². The van der Waals surface area contributed by atoms with Crippen molar-refractivity contribution in [3.8, 4) is 17.2 Å². The number of amides is 1. The van der Waals surface area contributed by atoms with E-state index in [1.165, 1.54) is 13.3 Å². The van der Waals surface area contributed by atoms with Gasteiger partial charge in [-0.1, -0.05) is 39.7 Å². The quantitative estimate of drug-likeness (QED) is 0.223. The molecular formula is C24H21Br2ClN2O4. The van der Waals surface area contributed by atoms with Gasteiger partial charge in [0.1, 0.15) is 12.4 Å². The summed E-state index contributed by atoms with van der Waals surface area (Å²) in [5.41, 5.74) is 4.53. The van der Waals surface area contributed by atoms with E-state index in [2.05, 4.69) is 42.4 Å². The number of nitrogens with one attached hydrogen (secondary N) is 1. The van der Waals surface area contributed by atoms with Gasteiger partial charge in [-0.25, -0.2) is 5.43 Å². The van der Waals surface area contributed by atoms with Crippen molar-refractivity contribution in [1.29, 1.82) is 0 Å². The van der Waals surface area contributed by atoms with E-state index in [-0.39, 0.29) is 0 Å². The Balaban J connectivity index is 1.75. The van der Waals surface area contributed by atoms with E-state index in [0.717, 1.165) is 10.0 Å². The zero-order valence-corrected chi connectivity index (χ0v) is 21.8. The summed E-state index contributed by atoms with van der Waals surface area (Å²) in [4.78, 5) is 12.5. The fourth-order valence-electron chi connectivity index (χ4n) is 2.93. The molecule has 33 heavy (non-hydrogen) atoms. The summed E-state index contributed by atoms with van der Waals surface area (Å²) in [5.74, 6) is 1.18. The summed E-state index contributed by atoms with van der Waals surface area (Å²) in [6, 6.07) is 16.2. The number of benzene rings is 3. The zero-order chi connectivity index (χ0) is 23.8. The van der Waals surface area contributed by atoms with Crippen molar-refractivity contribution in [3.05, 3.63) is 85.3 Å². The maximum atomic E-state index is 12.5. The summed E-state index contributed by atoms with van der Waals surface area (Å²) in [5, 5.41) is 4.72. The molecule has 1 amide bonds. The highest BCUT2D eigenvalue weighted by Crippen LogP contribution is 2.37. The number of hydrazone groups is 1. The third-order valence-corrected chi connectivity index (χ3v) is 5.71. The summed E-state index contributed by atoms with van der Waals surface area (Å²) < 4.78 is 18.4. The molecule has 9 heteroatoms. The van der Waals surface area contributed by atoms with Crippen LogP contribution in [0.15, 0.2) is 68.6 Å². The van der Waals surface area contributed by atoms with Crippen LogP contribution in [0.5, 0.6) is 17.2 Å². The average molecular weight is 597 g/mol. The van der Waals surface area contributed by atoms with Crippen LogP contribution in [0.2, 0.25) is 5.02 Å². The lowest BCUT2D eigenvalue weighted by molar-refractivity contribution is 0.0952. The van der Waals surface area contributed by atoms with Crippen molar-refractivity contribution in [2.45, 2.75) is 13.5 Å². The van der Waals surface area contributed by atoms with Crippen molar-refractivity contribution >= 4 is 55.6 Å². The Morgan fingerprint density at radius 2 is 1.91 bits per heavy atom. The fraction of sp³-hybridized carbons (Fsp3) is 0.167. The van der Waals surface area contributed by atoms with Gasteiger partial charge in [0.2, 0.25) is 0 Å². The molecule has 0 aromatic heterocycles. The first-order chi connectivity index (χ1) is 15.9. The number of hydrogen-bond donors (Lipinski definition) is 1. The smallest absolute Gasteiger partial charge is 0.275 e. The number of ether oxygens (including phenoxy) is 3. The van der Waals surface area contributed by atoms with Gasteiger partial charge in [0.15, 0.2) is 11.5 Å². The molecule has 0 spiro atoms. The molecule has 0 bridgehead atoms. The fourth-order valence-corrected chi connectivity index (χ4v) is 4.08. The highest BCUT2D eigenvalue weighted by molar-refractivity contribution is 9.10. The van der Waals surface area contributed by atoms with Crippen molar-refractivity contribution in [2.24, 2.45) is 5.10 Å². The van der Waals surface area contributed by atoms with Gasteiger partial charge >= 0.3 is 0 Å². The summed E-state index contributed by atoms with van der Waals surface area (Å²) in [6.45, 7) is 2.68. The lowest BCUT2D eigenvalue weighted by Crippen LogP contribution is -2.18. The standard InChI is InChI=1S/C24H21Br2ClN2O4/c1-3-32-22-11-16(10-20(26)23(22)33-14-15-5-4-6-18(27)9-15)13-28-29-24(30)19-12-17(25)7-8-21(19)31-2/h4-13H,3,14H2,1-2H3,(H,29,30)/b28-13-. The van der Waals surface area contributed by atoms with E-state index >= 15 is 0 Å². The van der Waals surface area contributed by atoms with E-state index in [4.69, 9.17) is 25.8 Å². The Hall–Kier alpha value is -2.55. The predicted molar refractivity (Wildman–Crippen MR) is 137 cm³/mol. The lowest BCUT2D eigenvalue weighted by atomic mass is 10.2. The minimum absolute atomic E-state index is 0.331. The van der Waals surface area contributed by atoms with Crippen LogP contribution in [0, 0.1) is 0 Å². The van der Waals surface area contributed by atoms with E-state index in [9.17, 15) is 4.79 Å². The van der Waals surface area contributed by atoms with Crippen LogP contribution >= 0.6 is 43.5 Å². The van der Waals surface area contributed by atoms with Crippen molar-refractivity contribution < 1.29 is 19.0 Å². The van der Waals surface area contributed by atoms with Crippen molar-refractivity contribution in [1.82, 2.24) is 5.43 Å². The van der Waals surface area contributed by atoms with Crippen LogP contribution in [-0.4, -0.2) is 25.8 Å². The minimum Gasteiger partial charge on any atom is -0.496 e. The second kappa shape index (κ2) is 12.1. The molecular weight excluding hydrogens is 576 g/mol. The summed E-state index contributed by atoms with van der Waals surface area (Å²) in [7, 11) is 1.51. The van der Waals surface area contributed by atoms with Gasteiger partial charge < -0.3 is 14.2 Å². The van der Waals surface area contributed by atoms with Gasteiger partial charge in [-0.15, -0.1) is 0 Å². The van der Waals surface area contributed by atoms with Gasteiger partial charge in [0.05, 0.1) is 30.0 Å². The van der Waals surface area contributed by atoms with Crippen LogP contribution in [0.4, 0.5) is 0 Å². The van der Waals surface area contributed by atoms with Crippen LogP contribution in [0.1, 0.15) is 28.4 Å². The Labute approximate surface area is 214 Å². The Bertz CT molecular complexity index is 1170. The topological polar surface area (TPSA) is 69.2 Å². The predicted octanol–water partition coefficient (Wildman–Crippen LogP) is 6.62. The zero-order valence-electron chi connectivity index (χ0n) is 17.9. The maximum Gasteiger partial charge on any atom is 0.275 e. The molecule has 6 nitrogen and oxygen atoms in total. The summed E-state index contributed by atoms with van der Waals surface area (Å²) in [6.07, 6.45) is 1.52. The first-order valence-electron chi connectivity index (χ1n) is 9.91. The normalized spacial score (nSPS) is 10.8. The summed E-state index contributed by atoms with van der Waals surface area (Å²) >= 11 is 12.9. The molecule has 0 aliphatic carbocycles. The number of halogens is 3. The Morgan fingerprint density at radius 3 is 2.64 bits per heavy atom. The number of methoxy groups -OCH3 is 1. The minimum atomic E-state index is -0.394. The monoisotopic (exact) mass is 594 g/mol. The van der Waals surface area contributed by atoms with E-state index in [1.54, 1.807) is 24.3 Å². The Morgan fingerprint density at radius 1 is 1.09 bits per heavy atom. The number of nitrogens with zero attached hydrogens (tertiary/aromatic N) is 1. The number of hydrogen-bond acceptors (Lipinski definition) is 5. The SMILES string of the molecule is CCOc1cc(/C=N\NC(=O)c2cc(Br)ccc2OC)cc(Br)c1OCc1cccc(Cl)c1. The molecule has 172 valence electrons. The van der Waals surface area contributed by atoms with Gasteiger partial charge in [-0.2, -0.15) is 5.10 Å². The molecule has 0 saturated carbocycles. The van der Waals surface area contributed by atoms with Gasteiger partial charge in [-0.05, 0) is 76.4 Å². The number of rotatable bonds is 9. The highest BCUT2D eigenvalue weighted by atomic mass is 79.9. The molecule has 0 saturated heterocycles. The van der Waals surface area contributed by atoms with Crippen LogP contribution in [0.3, 0.4) is 0 Å². The molecule has 3 aromatic rings. The molecule has 3 rings (SSSR count). The van der Waals surface area contributed by atoms with E-state index in [1.807, 2.05) is 37.3 Å². The average Bonchev–Trinajstić information content (AvgIpc) is 2.78. The lowest BCUT2D eigenvalue weighted by Gasteiger charge is -2.15. The molecule has 3 aromatic carbocycles. The van der Waals surface area contributed by atoms with E-state index in [0.29, 0.717) is 51.1 Å². The largest absolute Gasteiger partial charge is 0.496 e. The molecule has 0 aliphatic rings. The van der Waals surface area contributed by atoms with Crippen LogP contribution in [0.25, 0.3) is 0 Å². The molecule has 1 N–H and O–H groups in total. The molecule has 0 aliphatic heterocycles. The van der Waals surface area contributed by atoms with E-state index < -0.39 is 5.91 Å². The van der Waals surface area contributed by atoms with Gasteiger partial charge in [-0.3, -0.25) is 4.79 Å².